The Bertz CT molecular complexity index is 814. The molecule has 0 radical (unpaired) electrons. The quantitative estimate of drug-likeness (QED) is 0.718. The van der Waals surface area contributed by atoms with E-state index in [9.17, 15) is 4.79 Å². The van der Waals surface area contributed by atoms with Crippen molar-refractivity contribution in [1.82, 2.24) is 9.97 Å². The Kier molecular flexibility index (Phi) is 5.31. The fraction of sp³-hybridized carbons (Fsp3) is 0.158. The predicted octanol–water partition coefficient (Wildman–Crippen LogP) is 3.76. The average molecular weight is 337 g/mol. The van der Waals surface area contributed by atoms with Crippen LogP contribution in [0.1, 0.15) is 16.8 Å². The molecular formula is C19H19N3O3. The van der Waals surface area contributed by atoms with E-state index in [1.54, 1.807) is 43.9 Å². The fourth-order valence-electron chi connectivity index (χ4n) is 2.36. The smallest absolute Gasteiger partial charge is 0.411 e. The monoisotopic (exact) mass is 337 g/mol. The van der Waals surface area contributed by atoms with E-state index in [4.69, 9.17) is 9.47 Å². The van der Waals surface area contributed by atoms with Gasteiger partial charge in [0, 0.05) is 30.1 Å². The molecule has 0 fully saturated rings. The predicted molar refractivity (Wildman–Crippen MR) is 94.6 cm³/mol. The molecule has 0 bridgehead atoms. The number of nitrogens with one attached hydrogen (secondary N) is 2. The number of amides is 1. The SMILES string of the molecule is COc1cccc(NC(=O)OCc2ccc(Cc3cnc[nH]3)cc2)c1. The second-order valence-corrected chi connectivity index (χ2v) is 5.50. The van der Waals surface area contributed by atoms with Gasteiger partial charge in [0.15, 0.2) is 0 Å². The maximum absolute atomic E-state index is 11.9. The van der Waals surface area contributed by atoms with Crippen molar-refractivity contribution in [2.75, 3.05) is 12.4 Å². The lowest BCUT2D eigenvalue weighted by atomic mass is 10.1. The van der Waals surface area contributed by atoms with Crippen LogP contribution in [0.2, 0.25) is 0 Å². The van der Waals surface area contributed by atoms with Crippen molar-refractivity contribution < 1.29 is 14.3 Å². The summed E-state index contributed by atoms with van der Waals surface area (Å²) < 4.78 is 10.4. The highest BCUT2D eigenvalue weighted by atomic mass is 16.5. The van der Waals surface area contributed by atoms with Crippen molar-refractivity contribution >= 4 is 11.8 Å². The number of hydrogen-bond donors (Lipinski definition) is 2. The lowest BCUT2D eigenvalue weighted by Gasteiger charge is -2.08. The van der Waals surface area contributed by atoms with Crippen LogP contribution in [-0.4, -0.2) is 23.2 Å². The molecule has 3 rings (SSSR count). The van der Waals surface area contributed by atoms with Gasteiger partial charge in [-0.25, -0.2) is 9.78 Å². The van der Waals surface area contributed by atoms with Crippen LogP contribution in [0.25, 0.3) is 0 Å². The topological polar surface area (TPSA) is 76.2 Å². The molecule has 0 unspecified atom stereocenters. The van der Waals surface area contributed by atoms with Crippen LogP contribution in [0.3, 0.4) is 0 Å². The summed E-state index contributed by atoms with van der Waals surface area (Å²) in [6.45, 7) is 0.208. The molecule has 2 N–H and O–H groups in total. The molecule has 0 aliphatic rings. The highest BCUT2D eigenvalue weighted by molar-refractivity contribution is 5.84. The number of ether oxygens (including phenoxy) is 2. The van der Waals surface area contributed by atoms with Crippen LogP contribution in [-0.2, 0) is 17.8 Å². The standard InChI is InChI=1S/C19H19N3O3/c1-24-18-4-2-3-16(10-18)22-19(23)25-12-15-7-5-14(6-8-15)9-17-11-20-13-21-17/h2-8,10-11,13H,9,12H2,1H3,(H,20,21)(H,22,23). The number of nitrogens with zero attached hydrogens (tertiary/aromatic N) is 1. The summed E-state index contributed by atoms with van der Waals surface area (Å²) in [5.74, 6) is 0.672. The number of aromatic nitrogens is 2. The third kappa shape index (κ3) is 4.84. The Morgan fingerprint density at radius 1 is 1.16 bits per heavy atom. The molecule has 3 aromatic rings. The Morgan fingerprint density at radius 2 is 1.96 bits per heavy atom. The van der Waals surface area contributed by atoms with Gasteiger partial charge in [0.1, 0.15) is 12.4 Å². The maximum Gasteiger partial charge on any atom is 0.411 e. The van der Waals surface area contributed by atoms with E-state index in [0.29, 0.717) is 11.4 Å². The molecule has 1 aromatic heterocycles. The van der Waals surface area contributed by atoms with E-state index >= 15 is 0 Å². The van der Waals surface area contributed by atoms with Crippen LogP contribution in [0.4, 0.5) is 10.5 Å². The van der Waals surface area contributed by atoms with Crippen LogP contribution >= 0.6 is 0 Å². The van der Waals surface area contributed by atoms with Gasteiger partial charge in [-0.15, -0.1) is 0 Å². The Morgan fingerprint density at radius 3 is 2.68 bits per heavy atom. The Hall–Kier alpha value is -3.28. The molecule has 25 heavy (non-hydrogen) atoms. The fourth-order valence-corrected chi connectivity index (χ4v) is 2.36. The number of benzene rings is 2. The first-order valence-electron chi connectivity index (χ1n) is 7.86. The van der Waals surface area contributed by atoms with Gasteiger partial charge in [-0.3, -0.25) is 5.32 Å². The van der Waals surface area contributed by atoms with Crippen LogP contribution in [0, 0.1) is 0 Å². The minimum absolute atomic E-state index is 0.208. The molecule has 1 amide bonds. The summed E-state index contributed by atoms with van der Waals surface area (Å²) in [6, 6.07) is 15.0. The zero-order valence-corrected chi connectivity index (χ0v) is 13.9. The summed E-state index contributed by atoms with van der Waals surface area (Å²) in [6.07, 6.45) is 3.75. The lowest BCUT2D eigenvalue weighted by Crippen LogP contribution is -2.13. The van der Waals surface area contributed by atoms with Gasteiger partial charge in [-0.2, -0.15) is 0 Å². The number of methoxy groups -OCH3 is 1. The minimum Gasteiger partial charge on any atom is -0.497 e. The van der Waals surface area contributed by atoms with Gasteiger partial charge in [-0.05, 0) is 23.3 Å². The third-order valence-electron chi connectivity index (χ3n) is 3.66. The minimum atomic E-state index is -0.505. The second kappa shape index (κ2) is 8.01. The van der Waals surface area contributed by atoms with E-state index in [-0.39, 0.29) is 6.61 Å². The van der Waals surface area contributed by atoms with Crippen molar-refractivity contribution in [1.29, 1.82) is 0 Å². The van der Waals surface area contributed by atoms with Gasteiger partial charge >= 0.3 is 6.09 Å². The molecular weight excluding hydrogens is 318 g/mol. The number of carbonyl (C=O) groups excluding carboxylic acids is 1. The highest BCUT2D eigenvalue weighted by Crippen LogP contribution is 2.17. The molecule has 1 heterocycles. The number of hydrogen-bond acceptors (Lipinski definition) is 4. The molecule has 128 valence electrons. The molecule has 6 heteroatoms. The molecule has 6 nitrogen and oxygen atoms in total. The van der Waals surface area contributed by atoms with Gasteiger partial charge in [0.25, 0.3) is 0 Å². The molecule has 2 aromatic carbocycles. The summed E-state index contributed by atoms with van der Waals surface area (Å²) in [5, 5.41) is 2.68. The first kappa shape index (κ1) is 16.6. The molecule has 0 saturated carbocycles. The van der Waals surface area contributed by atoms with Gasteiger partial charge in [0.05, 0.1) is 13.4 Å². The number of aromatic amines is 1. The molecule has 0 saturated heterocycles. The number of rotatable bonds is 6. The van der Waals surface area contributed by atoms with Crippen molar-refractivity contribution in [3.63, 3.8) is 0 Å². The third-order valence-corrected chi connectivity index (χ3v) is 3.66. The molecule has 0 atom stereocenters. The molecule has 0 spiro atoms. The van der Waals surface area contributed by atoms with E-state index in [1.807, 2.05) is 24.3 Å². The lowest BCUT2D eigenvalue weighted by molar-refractivity contribution is 0.155. The zero-order valence-electron chi connectivity index (χ0n) is 13.9. The maximum atomic E-state index is 11.9. The van der Waals surface area contributed by atoms with Crippen molar-refractivity contribution in [3.8, 4) is 5.75 Å². The summed E-state index contributed by atoms with van der Waals surface area (Å²) in [4.78, 5) is 19.0. The van der Waals surface area contributed by atoms with Crippen molar-refractivity contribution in [3.05, 3.63) is 77.9 Å². The number of H-pyrrole nitrogens is 1. The first-order valence-corrected chi connectivity index (χ1v) is 7.86. The second-order valence-electron chi connectivity index (χ2n) is 5.50. The van der Waals surface area contributed by atoms with Crippen LogP contribution in [0.15, 0.2) is 61.1 Å². The van der Waals surface area contributed by atoms with Gasteiger partial charge in [-0.1, -0.05) is 30.3 Å². The average Bonchev–Trinajstić information content (AvgIpc) is 3.14. The number of carbonyl (C=O) groups is 1. The molecule has 0 aliphatic carbocycles. The summed E-state index contributed by atoms with van der Waals surface area (Å²) in [5.41, 5.74) is 3.77. The first-order chi connectivity index (χ1) is 12.2. The van der Waals surface area contributed by atoms with Gasteiger partial charge in [0.2, 0.25) is 0 Å². The highest BCUT2D eigenvalue weighted by Gasteiger charge is 2.05. The van der Waals surface area contributed by atoms with E-state index < -0.39 is 6.09 Å². The van der Waals surface area contributed by atoms with Crippen molar-refractivity contribution in [2.24, 2.45) is 0 Å². The van der Waals surface area contributed by atoms with Gasteiger partial charge < -0.3 is 14.5 Å². The number of anilines is 1. The Balaban J connectivity index is 1.49. The van der Waals surface area contributed by atoms with E-state index in [1.165, 1.54) is 0 Å². The van der Waals surface area contributed by atoms with E-state index in [0.717, 1.165) is 23.2 Å². The van der Waals surface area contributed by atoms with Crippen LogP contribution in [0.5, 0.6) is 5.75 Å². The summed E-state index contributed by atoms with van der Waals surface area (Å²) >= 11 is 0. The summed E-state index contributed by atoms with van der Waals surface area (Å²) in [7, 11) is 1.58. The number of imidazole rings is 1. The van der Waals surface area contributed by atoms with Crippen LogP contribution < -0.4 is 10.1 Å². The largest absolute Gasteiger partial charge is 0.497 e. The van der Waals surface area contributed by atoms with E-state index in [2.05, 4.69) is 15.3 Å². The Labute approximate surface area is 145 Å². The zero-order chi connectivity index (χ0) is 17.5. The normalized spacial score (nSPS) is 10.3. The molecule has 0 aliphatic heterocycles. The van der Waals surface area contributed by atoms with Crippen molar-refractivity contribution in [2.45, 2.75) is 13.0 Å².